The molecule has 0 N–H and O–H groups in total. The number of thioether (sulfide) groups is 2. The summed E-state index contributed by atoms with van der Waals surface area (Å²) in [7, 11) is 0. The largest absolute Gasteiger partial charge is 0.104 e. The minimum absolute atomic E-state index is 0.989. The summed E-state index contributed by atoms with van der Waals surface area (Å²) in [5, 5.41) is 0. The first-order chi connectivity index (χ1) is 12.7. The van der Waals surface area contributed by atoms with Crippen LogP contribution >= 0.6 is 35.7 Å². The van der Waals surface area contributed by atoms with E-state index in [0.29, 0.717) is 0 Å². The Balaban J connectivity index is 1.85. The van der Waals surface area contributed by atoms with Crippen molar-refractivity contribution in [2.45, 2.75) is 63.9 Å². The molecule has 0 aromatic heterocycles. The molecular weight excluding hydrogens is 372 g/mol. The van der Waals surface area contributed by atoms with Crippen LogP contribution in [0.3, 0.4) is 0 Å². The lowest BCUT2D eigenvalue weighted by molar-refractivity contribution is 0.791. The number of hydrogen-bond acceptors (Lipinski definition) is 3. The van der Waals surface area contributed by atoms with E-state index in [4.69, 9.17) is 12.2 Å². The number of rotatable bonds is 10. The Hall–Kier alpha value is -0.770. The normalized spacial score (nSPS) is 10.8. The van der Waals surface area contributed by atoms with Crippen LogP contribution in [0.25, 0.3) is 0 Å². The van der Waals surface area contributed by atoms with Crippen molar-refractivity contribution in [2.75, 3.05) is 0 Å². The highest BCUT2D eigenvalue weighted by atomic mass is 32.2. The molecule has 0 aliphatic heterocycles. The van der Waals surface area contributed by atoms with Crippen LogP contribution in [0.4, 0.5) is 0 Å². The number of thiocarbonyl (C=S) groups is 1. The summed E-state index contributed by atoms with van der Waals surface area (Å²) in [6.45, 7) is 4.50. The van der Waals surface area contributed by atoms with E-state index in [9.17, 15) is 0 Å². The van der Waals surface area contributed by atoms with Gasteiger partial charge in [0.25, 0.3) is 0 Å². The first-order valence-electron chi connectivity index (χ1n) is 9.67. The Morgan fingerprint density at radius 3 is 1.46 bits per heavy atom. The molecule has 0 saturated heterocycles. The van der Waals surface area contributed by atoms with Gasteiger partial charge in [-0.15, -0.1) is 23.5 Å². The summed E-state index contributed by atoms with van der Waals surface area (Å²) in [5.41, 5.74) is 5.86. The predicted octanol–water partition coefficient (Wildman–Crippen LogP) is 7.82. The molecule has 0 fully saturated rings. The molecule has 0 saturated carbocycles. The highest BCUT2D eigenvalue weighted by Gasteiger charge is 2.07. The van der Waals surface area contributed by atoms with E-state index < -0.39 is 0 Å². The summed E-state index contributed by atoms with van der Waals surface area (Å²) in [6, 6.07) is 17.6. The van der Waals surface area contributed by atoms with Gasteiger partial charge in [0.1, 0.15) is 3.53 Å². The van der Waals surface area contributed by atoms with Gasteiger partial charge in [0, 0.05) is 11.5 Å². The minimum Gasteiger partial charge on any atom is -0.103 e. The predicted molar refractivity (Wildman–Crippen MR) is 125 cm³/mol. The monoisotopic (exact) mass is 402 g/mol. The quantitative estimate of drug-likeness (QED) is 0.372. The first kappa shape index (κ1) is 21.5. The molecule has 3 heteroatoms. The summed E-state index contributed by atoms with van der Waals surface area (Å²) < 4.78 is 1.06. The second kappa shape index (κ2) is 12.6. The van der Waals surface area contributed by atoms with E-state index >= 15 is 0 Å². The van der Waals surface area contributed by atoms with E-state index in [-0.39, 0.29) is 0 Å². The summed E-state index contributed by atoms with van der Waals surface area (Å²) >= 11 is 9.27. The molecule has 140 valence electrons. The van der Waals surface area contributed by atoms with E-state index in [1.165, 1.54) is 60.8 Å². The Morgan fingerprint density at radius 1 is 0.692 bits per heavy atom. The van der Waals surface area contributed by atoms with Gasteiger partial charge in [-0.2, -0.15) is 0 Å². The number of benzene rings is 2. The standard InChI is InChI=1S/C23H30S3/c1-3-5-11-19-13-7-9-15-21(19)17-25-23(24)26-18-22-16-10-8-14-20(22)12-6-4-2/h7-10,13-16H,3-6,11-12,17-18H2,1-2H3. The van der Waals surface area contributed by atoms with Crippen molar-refractivity contribution >= 4 is 39.3 Å². The molecule has 0 unspecified atom stereocenters. The molecule has 0 heterocycles. The Bertz CT molecular complexity index is 621. The molecule has 0 spiro atoms. The van der Waals surface area contributed by atoms with Gasteiger partial charge in [0.05, 0.1) is 0 Å². The topological polar surface area (TPSA) is 0 Å². The highest BCUT2D eigenvalue weighted by molar-refractivity contribution is 8.46. The van der Waals surface area contributed by atoms with Crippen molar-refractivity contribution in [3.05, 3.63) is 70.8 Å². The fourth-order valence-corrected chi connectivity index (χ4v) is 5.08. The number of hydrogen-bond donors (Lipinski definition) is 0. The van der Waals surface area contributed by atoms with Crippen molar-refractivity contribution in [1.82, 2.24) is 0 Å². The van der Waals surface area contributed by atoms with E-state index in [2.05, 4.69) is 62.4 Å². The summed E-state index contributed by atoms with van der Waals surface area (Å²) in [4.78, 5) is 0. The van der Waals surface area contributed by atoms with Crippen molar-refractivity contribution in [3.8, 4) is 0 Å². The minimum atomic E-state index is 0.989. The molecule has 0 aliphatic rings. The van der Waals surface area contributed by atoms with E-state index in [1.807, 2.05) is 23.5 Å². The van der Waals surface area contributed by atoms with Gasteiger partial charge in [-0.05, 0) is 47.9 Å². The maximum Gasteiger partial charge on any atom is 0.104 e. The molecule has 2 aromatic carbocycles. The maximum atomic E-state index is 5.64. The van der Waals surface area contributed by atoms with Gasteiger partial charge < -0.3 is 0 Å². The molecule has 0 radical (unpaired) electrons. The van der Waals surface area contributed by atoms with Gasteiger partial charge in [-0.25, -0.2) is 0 Å². The first-order valence-corrected chi connectivity index (χ1v) is 12.1. The number of unbranched alkanes of at least 4 members (excludes halogenated alkanes) is 2. The molecule has 0 aliphatic carbocycles. The van der Waals surface area contributed by atoms with Crippen LogP contribution in [0.15, 0.2) is 48.5 Å². The fourth-order valence-electron chi connectivity index (χ4n) is 2.93. The van der Waals surface area contributed by atoms with Crippen LogP contribution < -0.4 is 0 Å². The molecule has 0 nitrogen and oxygen atoms in total. The SMILES string of the molecule is CCCCc1ccccc1CSC(=S)SCc1ccccc1CCCC. The van der Waals surface area contributed by atoms with Gasteiger partial charge in [-0.1, -0.05) is 87.4 Å². The third-order valence-corrected chi connectivity index (χ3v) is 7.32. The van der Waals surface area contributed by atoms with Crippen molar-refractivity contribution in [1.29, 1.82) is 0 Å². The van der Waals surface area contributed by atoms with Gasteiger partial charge in [-0.3, -0.25) is 0 Å². The second-order valence-corrected chi connectivity index (χ2v) is 9.73. The summed E-state index contributed by atoms with van der Waals surface area (Å²) in [6.07, 6.45) is 7.36. The van der Waals surface area contributed by atoms with E-state index in [0.717, 1.165) is 15.0 Å². The zero-order valence-electron chi connectivity index (χ0n) is 16.0. The third kappa shape index (κ3) is 7.46. The van der Waals surface area contributed by atoms with Crippen LogP contribution in [0.2, 0.25) is 0 Å². The van der Waals surface area contributed by atoms with Crippen molar-refractivity contribution in [2.24, 2.45) is 0 Å². The van der Waals surface area contributed by atoms with Crippen LogP contribution in [0.1, 0.15) is 61.8 Å². The van der Waals surface area contributed by atoms with Crippen molar-refractivity contribution in [3.63, 3.8) is 0 Å². The van der Waals surface area contributed by atoms with Crippen LogP contribution in [0, 0.1) is 0 Å². The highest BCUT2D eigenvalue weighted by Crippen LogP contribution is 2.27. The lowest BCUT2D eigenvalue weighted by Crippen LogP contribution is -1.95. The van der Waals surface area contributed by atoms with Crippen molar-refractivity contribution < 1.29 is 0 Å². The van der Waals surface area contributed by atoms with Gasteiger partial charge >= 0.3 is 0 Å². The zero-order valence-corrected chi connectivity index (χ0v) is 18.4. The van der Waals surface area contributed by atoms with E-state index in [1.54, 1.807) is 0 Å². The fraction of sp³-hybridized carbons (Fsp3) is 0.435. The zero-order chi connectivity index (χ0) is 18.6. The average Bonchev–Trinajstić information content (AvgIpc) is 2.68. The smallest absolute Gasteiger partial charge is 0.103 e. The molecule has 0 bridgehead atoms. The Morgan fingerprint density at radius 2 is 1.08 bits per heavy atom. The van der Waals surface area contributed by atoms with Crippen LogP contribution in [-0.4, -0.2) is 3.53 Å². The van der Waals surface area contributed by atoms with Gasteiger partial charge in [0.15, 0.2) is 0 Å². The maximum absolute atomic E-state index is 5.64. The van der Waals surface area contributed by atoms with Gasteiger partial charge in [0.2, 0.25) is 0 Å². The molecule has 2 aromatic rings. The molecule has 0 amide bonds. The number of aryl methyl sites for hydroxylation is 2. The van der Waals surface area contributed by atoms with Crippen LogP contribution in [-0.2, 0) is 24.3 Å². The lowest BCUT2D eigenvalue weighted by Gasteiger charge is -2.11. The average molecular weight is 403 g/mol. The Kier molecular flexibility index (Phi) is 10.4. The third-order valence-electron chi connectivity index (χ3n) is 4.53. The molecule has 0 atom stereocenters. The molecule has 26 heavy (non-hydrogen) atoms. The molecular formula is C23H30S3. The summed E-state index contributed by atoms with van der Waals surface area (Å²) in [5.74, 6) is 1.98. The Labute approximate surface area is 173 Å². The van der Waals surface area contributed by atoms with Crippen LogP contribution in [0.5, 0.6) is 0 Å². The molecule has 2 rings (SSSR count). The lowest BCUT2D eigenvalue weighted by atomic mass is 10.0. The second-order valence-electron chi connectivity index (χ2n) is 6.57.